The molecular formula is C18H16N2O2. The Labute approximate surface area is 128 Å². The molecule has 3 aliphatic heterocycles. The SMILES string of the molecule is O=C1NC2C/C=C\CC1N(c1ccc3ccccc3c1)C2=O. The summed E-state index contributed by atoms with van der Waals surface area (Å²) in [7, 11) is 0. The molecule has 3 heterocycles. The molecule has 1 fully saturated rings. The van der Waals surface area contributed by atoms with Crippen LogP contribution in [0.4, 0.5) is 5.69 Å². The van der Waals surface area contributed by atoms with E-state index in [1.54, 1.807) is 4.90 Å². The molecular weight excluding hydrogens is 276 g/mol. The predicted octanol–water partition coefficient (Wildman–Crippen LogP) is 2.39. The summed E-state index contributed by atoms with van der Waals surface area (Å²) in [5.41, 5.74) is 0.795. The minimum absolute atomic E-state index is 0.0239. The lowest BCUT2D eigenvalue weighted by Gasteiger charge is -2.39. The van der Waals surface area contributed by atoms with Gasteiger partial charge in [-0.2, -0.15) is 0 Å². The zero-order valence-electron chi connectivity index (χ0n) is 12.0. The van der Waals surface area contributed by atoms with Crippen molar-refractivity contribution in [1.82, 2.24) is 5.32 Å². The van der Waals surface area contributed by atoms with Crippen molar-refractivity contribution in [3.8, 4) is 0 Å². The Balaban J connectivity index is 1.83. The number of rotatable bonds is 1. The van der Waals surface area contributed by atoms with Crippen LogP contribution in [-0.2, 0) is 9.59 Å². The predicted molar refractivity (Wildman–Crippen MR) is 85.5 cm³/mol. The second-order valence-electron chi connectivity index (χ2n) is 5.76. The number of benzene rings is 2. The summed E-state index contributed by atoms with van der Waals surface area (Å²) < 4.78 is 0. The Kier molecular flexibility index (Phi) is 2.96. The molecule has 4 heteroatoms. The lowest BCUT2D eigenvalue weighted by atomic mass is 9.97. The van der Waals surface area contributed by atoms with Gasteiger partial charge in [0.15, 0.2) is 0 Å². The summed E-state index contributed by atoms with van der Waals surface area (Å²) in [6, 6.07) is 13.0. The van der Waals surface area contributed by atoms with Crippen LogP contribution in [0.1, 0.15) is 12.8 Å². The highest BCUT2D eigenvalue weighted by Gasteiger charge is 2.41. The molecule has 22 heavy (non-hydrogen) atoms. The number of carbonyl (C=O) groups is 2. The van der Waals surface area contributed by atoms with Crippen LogP contribution in [0.2, 0.25) is 0 Å². The van der Waals surface area contributed by atoms with Crippen molar-refractivity contribution in [1.29, 1.82) is 0 Å². The van der Waals surface area contributed by atoms with Gasteiger partial charge in [0, 0.05) is 5.69 Å². The van der Waals surface area contributed by atoms with Gasteiger partial charge >= 0.3 is 0 Å². The van der Waals surface area contributed by atoms with Crippen LogP contribution in [0.15, 0.2) is 54.6 Å². The van der Waals surface area contributed by atoms with Gasteiger partial charge in [0.25, 0.3) is 5.91 Å². The molecule has 0 radical (unpaired) electrons. The first-order valence-corrected chi connectivity index (χ1v) is 7.51. The number of piperazine rings is 1. The van der Waals surface area contributed by atoms with Gasteiger partial charge in [-0.1, -0.05) is 42.5 Å². The van der Waals surface area contributed by atoms with Crippen molar-refractivity contribution in [2.45, 2.75) is 24.9 Å². The van der Waals surface area contributed by atoms with Crippen molar-refractivity contribution in [2.24, 2.45) is 0 Å². The lowest BCUT2D eigenvalue weighted by molar-refractivity contribution is -0.133. The average Bonchev–Trinajstić information content (AvgIpc) is 2.52. The maximum absolute atomic E-state index is 12.7. The van der Waals surface area contributed by atoms with E-state index >= 15 is 0 Å². The zero-order valence-corrected chi connectivity index (χ0v) is 12.0. The van der Waals surface area contributed by atoms with Gasteiger partial charge in [-0.05, 0) is 35.7 Å². The molecule has 2 atom stereocenters. The Bertz CT molecular complexity index is 797. The van der Waals surface area contributed by atoms with Gasteiger partial charge in [-0.15, -0.1) is 0 Å². The fraction of sp³-hybridized carbons (Fsp3) is 0.222. The maximum atomic E-state index is 12.7. The van der Waals surface area contributed by atoms with Gasteiger partial charge in [-0.3, -0.25) is 14.5 Å². The molecule has 2 bridgehead atoms. The maximum Gasteiger partial charge on any atom is 0.250 e. The smallest absolute Gasteiger partial charge is 0.250 e. The standard InChI is InChI=1S/C18H16N2O2/c21-17-16-8-4-3-7-15(19-17)18(22)20(16)14-10-9-12-5-1-2-6-13(12)11-14/h1-6,9-11,15-16H,7-8H2,(H,19,21)/b4-3-. The van der Waals surface area contributed by atoms with Crippen molar-refractivity contribution in [3.63, 3.8) is 0 Å². The molecule has 0 saturated carbocycles. The lowest BCUT2D eigenvalue weighted by Crippen LogP contribution is -2.64. The third-order valence-electron chi connectivity index (χ3n) is 4.38. The van der Waals surface area contributed by atoms with Crippen LogP contribution >= 0.6 is 0 Å². The van der Waals surface area contributed by atoms with E-state index in [9.17, 15) is 9.59 Å². The topological polar surface area (TPSA) is 49.4 Å². The summed E-state index contributed by atoms with van der Waals surface area (Å²) in [5, 5.41) is 5.02. The molecule has 4 nitrogen and oxygen atoms in total. The zero-order chi connectivity index (χ0) is 15.1. The van der Waals surface area contributed by atoms with E-state index in [1.807, 2.05) is 54.6 Å². The molecule has 0 aliphatic carbocycles. The second kappa shape index (κ2) is 4.98. The van der Waals surface area contributed by atoms with Crippen LogP contribution < -0.4 is 10.2 Å². The molecule has 110 valence electrons. The van der Waals surface area contributed by atoms with E-state index in [0.29, 0.717) is 12.8 Å². The van der Waals surface area contributed by atoms with Crippen molar-refractivity contribution in [2.75, 3.05) is 4.90 Å². The van der Waals surface area contributed by atoms with Gasteiger partial charge in [0.05, 0.1) is 0 Å². The molecule has 1 saturated heterocycles. The fourth-order valence-corrected chi connectivity index (χ4v) is 3.23. The Morgan fingerprint density at radius 2 is 1.73 bits per heavy atom. The van der Waals surface area contributed by atoms with E-state index < -0.39 is 12.1 Å². The summed E-state index contributed by atoms with van der Waals surface area (Å²) in [6.07, 6.45) is 5.09. The first kappa shape index (κ1) is 13.1. The third-order valence-corrected chi connectivity index (χ3v) is 4.38. The molecule has 2 aromatic rings. The van der Waals surface area contributed by atoms with Gasteiger partial charge in [-0.25, -0.2) is 0 Å². The quantitative estimate of drug-likeness (QED) is 0.820. The monoisotopic (exact) mass is 292 g/mol. The van der Waals surface area contributed by atoms with Crippen molar-refractivity contribution >= 4 is 28.3 Å². The Morgan fingerprint density at radius 3 is 2.59 bits per heavy atom. The number of nitrogens with zero attached hydrogens (tertiary/aromatic N) is 1. The van der Waals surface area contributed by atoms with Gasteiger partial charge in [0.2, 0.25) is 5.91 Å². The highest BCUT2D eigenvalue weighted by Crippen LogP contribution is 2.29. The molecule has 2 unspecified atom stereocenters. The first-order chi connectivity index (χ1) is 10.7. The largest absolute Gasteiger partial charge is 0.342 e. The molecule has 3 aliphatic rings. The number of nitrogens with one attached hydrogen (secondary N) is 1. The van der Waals surface area contributed by atoms with E-state index in [-0.39, 0.29) is 11.8 Å². The Morgan fingerprint density at radius 1 is 0.955 bits per heavy atom. The fourth-order valence-electron chi connectivity index (χ4n) is 3.23. The summed E-state index contributed by atoms with van der Waals surface area (Å²) in [6.45, 7) is 0. The van der Waals surface area contributed by atoms with Crippen LogP contribution in [-0.4, -0.2) is 23.9 Å². The van der Waals surface area contributed by atoms with E-state index in [1.165, 1.54) is 0 Å². The van der Waals surface area contributed by atoms with Crippen molar-refractivity contribution in [3.05, 3.63) is 54.6 Å². The van der Waals surface area contributed by atoms with Gasteiger partial charge in [0.1, 0.15) is 12.1 Å². The van der Waals surface area contributed by atoms with E-state index in [2.05, 4.69) is 5.32 Å². The minimum atomic E-state index is -0.457. The Hall–Kier alpha value is -2.62. The number of fused-ring (bicyclic) bond motifs is 5. The number of amides is 2. The van der Waals surface area contributed by atoms with Crippen LogP contribution in [0, 0.1) is 0 Å². The van der Waals surface area contributed by atoms with Crippen LogP contribution in [0.5, 0.6) is 0 Å². The summed E-state index contributed by atoms with van der Waals surface area (Å²) in [5.74, 6) is -0.0914. The highest BCUT2D eigenvalue weighted by molar-refractivity contribution is 6.09. The number of hydrogen-bond donors (Lipinski definition) is 1. The normalized spacial score (nSPS) is 25.7. The molecule has 1 N–H and O–H groups in total. The molecule has 0 aromatic heterocycles. The van der Waals surface area contributed by atoms with Gasteiger partial charge < -0.3 is 5.32 Å². The summed E-state index contributed by atoms with van der Waals surface area (Å²) >= 11 is 0. The van der Waals surface area contributed by atoms with E-state index in [0.717, 1.165) is 16.5 Å². The summed E-state index contributed by atoms with van der Waals surface area (Å²) in [4.78, 5) is 26.7. The van der Waals surface area contributed by atoms with Crippen LogP contribution in [0.3, 0.4) is 0 Å². The van der Waals surface area contributed by atoms with E-state index in [4.69, 9.17) is 0 Å². The van der Waals surface area contributed by atoms with Crippen molar-refractivity contribution < 1.29 is 9.59 Å². The molecule has 0 spiro atoms. The number of carbonyl (C=O) groups excluding carboxylic acids is 2. The molecule has 5 rings (SSSR count). The van der Waals surface area contributed by atoms with Crippen LogP contribution in [0.25, 0.3) is 10.8 Å². The highest BCUT2D eigenvalue weighted by atomic mass is 16.2. The second-order valence-corrected chi connectivity index (χ2v) is 5.76. The molecule has 2 aromatic carbocycles. The minimum Gasteiger partial charge on any atom is -0.342 e. The molecule has 2 amide bonds. The first-order valence-electron chi connectivity index (χ1n) is 7.51. The average molecular weight is 292 g/mol. The number of hydrogen-bond acceptors (Lipinski definition) is 2. The third kappa shape index (κ3) is 1.99. The number of anilines is 1.